The van der Waals surface area contributed by atoms with Crippen LogP contribution in [0.4, 0.5) is 0 Å². The van der Waals surface area contributed by atoms with E-state index in [1.54, 1.807) is 18.4 Å². The van der Waals surface area contributed by atoms with Crippen LogP contribution in [0.1, 0.15) is 36.2 Å². The van der Waals surface area contributed by atoms with Crippen molar-refractivity contribution in [1.29, 1.82) is 0 Å². The van der Waals surface area contributed by atoms with Crippen LogP contribution in [-0.4, -0.2) is 44.3 Å². The lowest BCUT2D eigenvalue weighted by Crippen LogP contribution is -2.44. The number of guanidine groups is 1. The van der Waals surface area contributed by atoms with Crippen molar-refractivity contribution in [2.75, 3.05) is 33.4 Å². The molecule has 160 valence electrons. The van der Waals surface area contributed by atoms with Crippen LogP contribution in [-0.2, 0) is 18.3 Å². The Morgan fingerprint density at radius 2 is 1.97 bits per heavy atom. The number of hydrogen-bond acceptors (Lipinski definition) is 5. The summed E-state index contributed by atoms with van der Waals surface area (Å²) in [5, 5.41) is 7.98. The van der Waals surface area contributed by atoms with Crippen molar-refractivity contribution in [3.63, 3.8) is 0 Å². The number of aliphatic imine (C=N–C) groups is 1. The smallest absolute Gasteiger partial charge is 0.191 e. The number of fused-ring (bicyclic) bond motifs is 1. The predicted molar refractivity (Wildman–Crippen MR) is 130 cm³/mol. The topological polar surface area (TPSA) is 67.8 Å². The molecule has 0 radical (unpaired) electrons. The van der Waals surface area contributed by atoms with Gasteiger partial charge in [-0.05, 0) is 24.1 Å². The molecule has 1 aromatic carbocycles. The monoisotopic (exact) mass is 530 g/mol. The van der Waals surface area contributed by atoms with Gasteiger partial charge in [0.15, 0.2) is 17.5 Å². The standard InChI is InChI=1S/C21H30N4O2S.HI/c1-5-16-13-24-19(28-16)8-9-23-20(22-4)25-14-21(2,3)15-6-7-17-18(12-15)27-11-10-26-17;/h6-7,12-13H,5,8-11,14H2,1-4H3,(H2,22,23,25);1H. The Morgan fingerprint density at radius 3 is 2.66 bits per heavy atom. The molecule has 29 heavy (non-hydrogen) atoms. The molecule has 0 saturated carbocycles. The fraction of sp³-hybridized carbons (Fsp3) is 0.524. The van der Waals surface area contributed by atoms with Crippen molar-refractivity contribution < 1.29 is 9.47 Å². The molecular formula is C21H31IN4O2S. The maximum atomic E-state index is 5.72. The van der Waals surface area contributed by atoms with Crippen molar-refractivity contribution in [2.45, 2.75) is 39.0 Å². The van der Waals surface area contributed by atoms with E-state index < -0.39 is 0 Å². The van der Waals surface area contributed by atoms with Gasteiger partial charge in [0.05, 0.1) is 5.01 Å². The lowest BCUT2D eigenvalue weighted by molar-refractivity contribution is 0.171. The molecule has 3 rings (SSSR count). The number of rotatable bonds is 7. The van der Waals surface area contributed by atoms with Gasteiger partial charge in [-0.3, -0.25) is 4.99 Å². The lowest BCUT2D eigenvalue weighted by atomic mass is 9.84. The molecule has 0 amide bonds. The van der Waals surface area contributed by atoms with Gasteiger partial charge >= 0.3 is 0 Å². The number of benzene rings is 1. The maximum absolute atomic E-state index is 5.72. The Labute approximate surface area is 194 Å². The minimum absolute atomic E-state index is 0. The molecule has 2 N–H and O–H groups in total. The molecule has 0 unspecified atom stereocenters. The van der Waals surface area contributed by atoms with Gasteiger partial charge in [0.1, 0.15) is 13.2 Å². The minimum atomic E-state index is -0.0845. The number of thiazole rings is 1. The van der Waals surface area contributed by atoms with Crippen molar-refractivity contribution in [2.24, 2.45) is 4.99 Å². The Morgan fingerprint density at radius 1 is 1.21 bits per heavy atom. The van der Waals surface area contributed by atoms with Gasteiger partial charge in [-0.1, -0.05) is 26.8 Å². The summed E-state index contributed by atoms with van der Waals surface area (Å²) < 4.78 is 11.3. The van der Waals surface area contributed by atoms with E-state index >= 15 is 0 Å². The first-order valence-corrected chi connectivity index (χ1v) is 10.6. The molecule has 8 heteroatoms. The second-order valence-electron chi connectivity index (χ2n) is 7.42. The number of aryl methyl sites for hydroxylation is 1. The van der Waals surface area contributed by atoms with Crippen LogP contribution in [0.5, 0.6) is 11.5 Å². The number of aromatic nitrogens is 1. The average Bonchev–Trinajstić information content (AvgIpc) is 3.18. The largest absolute Gasteiger partial charge is 0.486 e. The number of halogens is 1. The van der Waals surface area contributed by atoms with Crippen molar-refractivity contribution in [1.82, 2.24) is 15.6 Å². The average molecular weight is 530 g/mol. The lowest BCUT2D eigenvalue weighted by Gasteiger charge is -2.28. The predicted octanol–water partition coefficient (Wildman–Crippen LogP) is 3.78. The zero-order valence-electron chi connectivity index (χ0n) is 17.6. The van der Waals surface area contributed by atoms with E-state index in [1.165, 1.54) is 10.4 Å². The van der Waals surface area contributed by atoms with Crippen molar-refractivity contribution in [3.8, 4) is 11.5 Å². The molecule has 2 heterocycles. The van der Waals surface area contributed by atoms with Gasteiger partial charge in [0.25, 0.3) is 0 Å². The van der Waals surface area contributed by atoms with Crippen molar-refractivity contribution >= 4 is 41.3 Å². The van der Waals surface area contributed by atoms with Gasteiger partial charge < -0.3 is 20.1 Å². The van der Waals surface area contributed by atoms with Crippen LogP contribution >= 0.6 is 35.3 Å². The summed E-state index contributed by atoms with van der Waals surface area (Å²) in [4.78, 5) is 10.1. The molecule has 2 aromatic rings. The highest BCUT2D eigenvalue weighted by Gasteiger charge is 2.23. The molecule has 1 aliphatic heterocycles. The van der Waals surface area contributed by atoms with Crippen LogP contribution in [0, 0.1) is 0 Å². The maximum Gasteiger partial charge on any atom is 0.191 e. The van der Waals surface area contributed by atoms with Crippen LogP contribution in [0.3, 0.4) is 0 Å². The zero-order chi connectivity index (χ0) is 20.0. The van der Waals surface area contributed by atoms with E-state index in [0.717, 1.165) is 48.4 Å². The molecule has 1 aromatic heterocycles. The molecule has 6 nitrogen and oxygen atoms in total. The van der Waals surface area contributed by atoms with E-state index in [-0.39, 0.29) is 29.4 Å². The highest BCUT2D eigenvalue weighted by molar-refractivity contribution is 14.0. The fourth-order valence-corrected chi connectivity index (χ4v) is 3.87. The van der Waals surface area contributed by atoms with Crippen LogP contribution in [0.2, 0.25) is 0 Å². The molecule has 0 aliphatic carbocycles. The van der Waals surface area contributed by atoms with Gasteiger partial charge in [0, 0.05) is 43.0 Å². The Hall–Kier alpha value is -1.55. The third-order valence-corrected chi connectivity index (χ3v) is 6.03. The summed E-state index contributed by atoms with van der Waals surface area (Å²) in [5.74, 6) is 2.46. The third-order valence-electron chi connectivity index (χ3n) is 4.83. The van der Waals surface area contributed by atoms with Crippen molar-refractivity contribution in [3.05, 3.63) is 39.8 Å². The number of ether oxygens (including phenoxy) is 2. The fourth-order valence-electron chi connectivity index (χ4n) is 3.01. The summed E-state index contributed by atoms with van der Waals surface area (Å²) in [5.41, 5.74) is 1.12. The normalized spacial score (nSPS) is 13.6. The highest BCUT2D eigenvalue weighted by Crippen LogP contribution is 2.34. The van der Waals surface area contributed by atoms with E-state index in [1.807, 2.05) is 12.3 Å². The second-order valence-corrected chi connectivity index (χ2v) is 8.62. The second kappa shape index (κ2) is 11.0. The Balaban J connectivity index is 0.00000300. The molecule has 1 aliphatic rings. The van der Waals surface area contributed by atoms with E-state index in [2.05, 4.69) is 53.5 Å². The number of nitrogens with one attached hydrogen (secondary N) is 2. The highest BCUT2D eigenvalue weighted by atomic mass is 127. The Bertz CT molecular complexity index is 823. The molecule has 0 fully saturated rings. The van der Waals surface area contributed by atoms with Gasteiger partial charge in [-0.2, -0.15) is 0 Å². The summed E-state index contributed by atoms with van der Waals surface area (Å²) in [6.07, 6.45) is 3.92. The van der Waals surface area contributed by atoms with E-state index in [4.69, 9.17) is 9.47 Å². The molecule has 0 bridgehead atoms. The summed E-state index contributed by atoms with van der Waals surface area (Å²) >= 11 is 1.78. The first-order valence-electron chi connectivity index (χ1n) is 9.80. The number of nitrogens with zero attached hydrogens (tertiary/aromatic N) is 2. The van der Waals surface area contributed by atoms with Crippen LogP contribution in [0.25, 0.3) is 0 Å². The van der Waals surface area contributed by atoms with E-state index in [0.29, 0.717) is 13.2 Å². The summed E-state index contributed by atoms with van der Waals surface area (Å²) in [7, 11) is 1.80. The zero-order valence-corrected chi connectivity index (χ0v) is 20.7. The first-order chi connectivity index (χ1) is 13.5. The first kappa shape index (κ1) is 23.7. The van der Waals surface area contributed by atoms with E-state index in [9.17, 15) is 0 Å². The van der Waals surface area contributed by atoms with Gasteiger partial charge in [-0.15, -0.1) is 35.3 Å². The van der Waals surface area contributed by atoms with Gasteiger partial charge in [0.2, 0.25) is 0 Å². The number of hydrogen-bond donors (Lipinski definition) is 2. The van der Waals surface area contributed by atoms with Gasteiger partial charge in [-0.25, -0.2) is 4.98 Å². The molecule has 0 spiro atoms. The molecule has 0 saturated heterocycles. The molecular weight excluding hydrogens is 499 g/mol. The van der Waals surface area contributed by atoms with Crippen LogP contribution < -0.4 is 20.1 Å². The third kappa shape index (κ3) is 6.47. The van der Waals surface area contributed by atoms with Crippen LogP contribution in [0.15, 0.2) is 29.4 Å². The molecule has 0 atom stereocenters. The summed E-state index contributed by atoms with van der Waals surface area (Å²) in [6.45, 7) is 9.35. The SMILES string of the molecule is CCc1cnc(CCNC(=NC)NCC(C)(C)c2ccc3c(c2)OCCO3)s1.I. The quantitative estimate of drug-likeness (QED) is 0.324. The summed E-state index contributed by atoms with van der Waals surface area (Å²) in [6, 6.07) is 6.19. The minimum Gasteiger partial charge on any atom is -0.486 e. The Kier molecular flexibility index (Phi) is 9.01.